The van der Waals surface area contributed by atoms with E-state index in [-0.39, 0.29) is 0 Å². The average molecular weight is 498 g/mol. The van der Waals surface area contributed by atoms with Gasteiger partial charge in [0.1, 0.15) is 7.05 Å². The zero-order chi connectivity index (χ0) is 18.1. The molecule has 0 aliphatic carbocycles. The molecule has 0 saturated heterocycles. The first-order chi connectivity index (χ1) is 11.4. The zero-order valence-electron chi connectivity index (χ0n) is 14.6. The second-order valence-electron chi connectivity index (χ2n) is 5.56. The van der Waals surface area contributed by atoms with Crippen LogP contribution in [0.1, 0.15) is 22.3 Å². The van der Waals surface area contributed by atoms with Gasteiger partial charge >= 0.3 is 39.3 Å². The van der Waals surface area contributed by atoms with Crippen molar-refractivity contribution in [1.29, 1.82) is 0 Å². The molecule has 0 aliphatic rings. The van der Waals surface area contributed by atoms with Crippen molar-refractivity contribution < 1.29 is 15.5 Å². The number of aryl methyl sites for hydroxylation is 4. The van der Waals surface area contributed by atoms with Gasteiger partial charge in [-0.2, -0.15) is 4.58 Å². The summed E-state index contributed by atoms with van der Waals surface area (Å²) in [6.45, 7) is 8.45. The van der Waals surface area contributed by atoms with E-state index in [4.69, 9.17) is 0 Å². The molecule has 0 bridgehead atoms. The molecular formula is C19H23Br2N2Ni+. The number of hydrogen-bond donors (Lipinski definition) is 0. The molecule has 0 saturated carbocycles. The Balaban J connectivity index is 0.000000891. The van der Waals surface area contributed by atoms with Gasteiger partial charge in [0.15, 0.2) is 6.21 Å². The molecule has 0 N–H and O–H groups in total. The van der Waals surface area contributed by atoms with E-state index in [1.165, 1.54) is 38.8 Å². The van der Waals surface area contributed by atoms with Crippen LogP contribution in [0.4, 0.5) is 11.4 Å². The Morgan fingerprint density at radius 3 is 1.75 bits per heavy atom. The van der Waals surface area contributed by atoms with Crippen LogP contribution in [-0.2, 0) is 10.9 Å². The number of aliphatic imine (C=N–C) groups is 1. The first kappa shape index (κ1) is 21.3. The van der Waals surface area contributed by atoms with Crippen molar-refractivity contribution in [3.05, 3.63) is 58.7 Å². The van der Waals surface area contributed by atoms with Gasteiger partial charge < -0.3 is 0 Å². The maximum atomic E-state index is 4.61. The van der Waals surface area contributed by atoms with E-state index in [2.05, 4.69) is 109 Å². The summed E-state index contributed by atoms with van der Waals surface area (Å²) >= 11 is 6.00. The molecule has 5 heteroatoms. The van der Waals surface area contributed by atoms with E-state index in [9.17, 15) is 0 Å². The van der Waals surface area contributed by atoms with Gasteiger partial charge in [-0.25, -0.2) is 0 Å². The van der Waals surface area contributed by atoms with E-state index < -0.39 is 0 Å². The van der Waals surface area contributed by atoms with Crippen LogP contribution in [-0.4, -0.2) is 24.1 Å². The molecule has 132 valence electrons. The molecule has 0 spiro atoms. The maximum absolute atomic E-state index is 4.61. The predicted octanol–water partition coefficient (Wildman–Crippen LogP) is 6.36. The van der Waals surface area contributed by atoms with Crippen molar-refractivity contribution >= 4 is 52.3 Å². The van der Waals surface area contributed by atoms with Gasteiger partial charge in [0.05, 0.1) is 11.9 Å². The molecule has 0 radical (unpaired) electrons. The Morgan fingerprint density at radius 1 is 0.875 bits per heavy atom. The Hall–Kier alpha value is -0.766. The Bertz CT molecular complexity index is 700. The third kappa shape index (κ3) is 6.27. The predicted molar refractivity (Wildman–Crippen MR) is 110 cm³/mol. The van der Waals surface area contributed by atoms with Crippen molar-refractivity contribution in [3.8, 4) is 0 Å². The Morgan fingerprint density at radius 2 is 1.29 bits per heavy atom. The van der Waals surface area contributed by atoms with Crippen LogP contribution in [0.5, 0.6) is 0 Å². The van der Waals surface area contributed by atoms with Gasteiger partial charge in [-0.05, 0) is 38.8 Å². The minimum absolute atomic E-state index is 1.06. The molecule has 0 heterocycles. The fraction of sp³-hybridized carbons (Fsp3) is 0.263. The third-order valence-electron chi connectivity index (χ3n) is 3.73. The SMILES string of the molecule is Cc1cccc(C)c1N=CC=[N+](C)c1c(C)cccc1C.[Br][Ni][Br]. The van der Waals surface area contributed by atoms with Crippen molar-refractivity contribution in [2.24, 2.45) is 4.99 Å². The van der Waals surface area contributed by atoms with Gasteiger partial charge in [-0.3, -0.25) is 4.99 Å². The van der Waals surface area contributed by atoms with E-state index in [1.54, 1.807) is 0 Å². The summed E-state index contributed by atoms with van der Waals surface area (Å²) in [5.41, 5.74) is 7.25. The molecule has 2 rings (SSSR count). The zero-order valence-corrected chi connectivity index (χ0v) is 18.7. The van der Waals surface area contributed by atoms with E-state index >= 15 is 0 Å². The molecule has 0 fully saturated rings. The van der Waals surface area contributed by atoms with Crippen LogP contribution in [0.15, 0.2) is 41.4 Å². The Kier molecular flexibility index (Phi) is 9.72. The number of hydrogen-bond acceptors (Lipinski definition) is 1. The average Bonchev–Trinajstić information content (AvgIpc) is 2.51. The molecule has 2 aromatic rings. The molecule has 2 nitrogen and oxygen atoms in total. The summed E-state index contributed by atoms with van der Waals surface area (Å²) in [6.07, 6.45) is 3.89. The fourth-order valence-electron chi connectivity index (χ4n) is 2.65. The minimum atomic E-state index is 1.06. The standard InChI is InChI=1S/C19H23N2.2BrH.Ni/c1-14-8-6-9-15(2)18(14)20-12-13-21(5)19-16(3)10-7-11-17(19)4;;;/h6-13H,1-5H3;2*1H;/q+1;;;+2/p-2. The molecule has 0 aromatic heterocycles. The summed E-state index contributed by atoms with van der Waals surface area (Å²) in [7, 11) is 3.31. The summed E-state index contributed by atoms with van der Waals surface area (Å²) in [5.74, 6) is 0. The first-order valence-corrected chi connectivity index (χ1v) is 12.4. The van der Waals surface area contributed by atoms with E-state index in [1.807, 2.05) is 12.4 Å². The normalized spacial score (nSPS) is 11.5. The summed E-state index contributed by atoms with van der Waals surface area (Å²) < 4.78 is 2.13. The van der Waals surface area contributed by atoms with Crippen molar-refractivity contribution in [3.63, 3.8) is 0 Å². The van der Waals surface area contributed by atoms with E-state index in [0.717, 1.165) is 5.69 Å². The van der Waals surface area contributed by atoms with Crippen molar-refractivity contribution in [2.75, 3.05) is 7.05 Å². The number of rotatable bonds is 3. The number of nitrogens with zero attached hydrogens (tertiary/aromatic N) is 2. The topological polar surface area (TPSA) is 15.4 Å². The molecule has 0 atom stereocenters. The van der Waals surface area contributed by atoms with Gasteiger partial charge in [0, 0.05) is 11.1 Å². The van der Waals surface area contributed by atoms with Crippen LogP contribution in [0, 0.1) is 27.7 Å². The number of para-hydroxylation sites is 2. The molecule has 24 heavy (non-hydrogen) atoms. The van der Waals surface area contributed by atoms with Crippen molar-refractivity contribution in [2.45, 2.75) is 27.7 Å². The summed E-state index contributed by atoms with van der Waals surface area (Å²) in [4.78, 5) is 4.61. The van der Waals surface area contributed by atoms with Crippen LogP contribution in [0.2, 0.25) is 0 Å². The van der Waals surface area contributed by atoms with Crippen LogP contribution in [0.25, 0.3) is 0 Å². The van der Waals surface area contributed by atoms with E-state index in [0.29, 0.717) is 0 Å². The summed E-state index contributed by atoms with van der Waals surface area (Å²) in [6, 6.07) is 12.6. The monoisotopic (exact) mass is 495 g/mol. The molecule has 0 aliphatic heterocycles. The molecular weight excluding hydrogens is 475 g/mol. The second-order valence-corrected chi connectivity index (χ2v) is 10.5. The number of benzene rings is 2. The van der Waals surface area contributed by atoms with Gasteiger partial charge in [-0.15, -0.1) is 0 Å². The summed E-state index contributed by atoms with van der Waals surface area (Å²) in [5, 5.41) is 0. The van der Waals surface area contributed by atoms with Crippen LogP contribution < -0.4 is 0 Å². The molecule has 0 unspecified atom stereocenters. The molecule has 0 amide bonds. The van der Waals surface area contributed by atoms with Gasteiger partial charge in [0.25, 0.3) is 0 Å². The molecule has 2 aromatic carbocycles. The van der Waals surface area contributed by atoms with Crippen molar-refractivity contribution in [1.82, 2.24) is 0 Å². The van der Waals surface area contributed by atoms with Gasteiger partial charge in [0.2, 0.25) is 5.69 Å². The Labute approximate surface area is 165 Å². The fourth-order valence-corrected chi connectivity index (χ4v) is 2.65. The first-order valence-electron chi connectivity index (χ1n) is 7.47. The third-order valence-corrected chi connectivity index (χ3v) is 3.73. The van der Waals surface area contributed by atoms with Crippen LogP contribution >= 0.6 is 28.5 Å². The second kappa shape index (κ2) is 11.0. The number of halogens is 2. The van der Waals surface area contributed by atoms with Crippen LogP contribution in [0.3, 0.4) is 0 Å². The van der Waals surface area contributed by atoms with Gasteiger partial charge in [-0.1, -0.05) is 36.4 Å². The quantitative estimate of drug-likeness (QED) is 0.266.